The first kappa shape index (κ1) is 21.5. The van der Waals surface area contributed by atoms with E-state index >= 15 is 0 Å². The zero-order valence-electron chi connectivity index (χ0n) is 17.5. The van der Waals surface area contributed by atoms with Crippen LogP contribution >= 0.6 is 23.4 Å². The Bertz CT molecular complexity index is 1270. The van der Waals surface area contributed by atoms with E-state index < -0.39 is 5.91 Å². The maximum absolute atomic E-state index is 12.9. The van der Waals surface area contributed by atoms with Gasteiger partial charge in [-0.05, 0) is 66.7 Å². The van der Waals surface area contributed by atoms with E-state index in [1.165, 1.54) is 0 Å². The summed E-state index contributed by atoms with van der Waals surface area (Å²) in [5.74, 6) is 2.58. The molecule has 0 atom stereocenters. The molecule has 0 saturated carbocycles. The van der Waals surface area contributed by atoms with Gasteiger partial charge in [0.1, 0.15) is 17.3 Å². The number of carbonyl (C=O) groups is 2. The summed E-state index contributed by atoms with van der Waals surface area (Å²) in [4.78, 5) is 26.9. The molecule has 0 unspecified atom stereocenters. The van der Waals surface area contributed by atoms with Gasteiger partial charge in [-0.1, -0.05) is 11.6 Å². The fourth-order valence-corrected chi connectivity index (χ4v) is 4.52. The van der Waals surface area contributed by atoms with Gasteiger partial charge in [0.2, 0.25) is 6.79 Å². The van der Waals surface area contributed by atoms with Crippen molar-refractivity contribution < 1.29 is 28.2 Å². The number of halogens is 1. The van der Waals surface area contributed by atoms with Crippen molar-refractivity contribution in [3.63, 3.8) is 0 Å². The number of nitrogens with zero attached hydrogens (tertiary/aromatic N) is 1. The van der Waals surface area contributed by atoms with Crippen molar-refractivity contribution in [2.75, 3.05) is 13.4 Å². The molecule has 3 heterocycles. The van der Waals surface area contributed by atoms with Gasteiger partial charge >= 0.3 is 0 Å². The van der Waals surface area contributed by atoms with Crippen LogP contribution in [0.4, 0.5) is 4.79 Å². The van der Waals surface area contributed by atoms with Gasteiger partial charge in [0.05, 0.1) is 18.1 Å². The van der Waals surface area contributed by atoms with E-state index in [4.69, 9.17) is 30.2 Å². The lowest BCUT2D eigenvalue weighted by atomic mass is 10.2. The molecule has 2 aliphatic rings. The molecule has 2 amide bonds. The summed E-state index contributed by atoms with van der Waals surface area (Å²) in [7, 11) is 0. The number of hydrogen-bond donors (Lipinski definition) is 0. The zero-order chi connectivity index (χ0) is 22.9. The number of amides is 2. The van der Waals surface area contributed by atoms with E-state index in [2.05, 4.69) is 0 Å². The largest absolute Gasteiger partial charge is 0.494 e. The standard InChI is InChI=1S/C24H18ClNO6S/c1-2-29-16-5-3-14(4-6-16)19-8-7-17(32-19)10-22-23(27)26(24(28)33-22)12-15-9-20-21(11-18(15)25)31-13-30-20/h3-11H,2,12-13H2,1H3/b22-10+. The van der Waals surface area contributed by atoms with E-state index in [1.807, 2.05) is 37.3 Å². The van der Waals surface area contributed by atoms with Crippen molar-refractivity contribution in [2.24, 2.45) is 0 Å². The van der Waals surface area contributed by atoms with Crippen LogP contribution in [0.15, 0.2) is 57.9 Å². The van der Waals surface area contributed by atoms with Crippen molar-refractivity contribution in [1.82, 2.24) is 4.90 Å². The van der Waals surface area contributed by atoms with Gasteiger partial charge in [-0.15, -0.1) is 0 Å². The fraction of sp³-hybridized carbons (Fsp3) is 0.167. The maximum atomic E-state index is 12.9. The van der Waals surface area contributed by atoms with Crippen LogP contribution in [-0.2, 0) is 11.3 Å². The average Bonchev–Trinajstić information content (AvgIpc) is 3.51. The molecule has 9 heteroatoms. The molecule has 33 heavy (non-hydrogen) atoms. The van der Waals surface area contributed by atoms with Crippen LogP contribution in [0.1, 0.15) is 18.2 Å². The third kappa shape index (κ3) is 4.31. The molecule has 0 spiro atoms. The van der Waals surface area contributed by atoms with Crippen LogP contribution < -0.4 is 14.2 Å². The van der Waals surface area contributed by atoms with Gasteiger partial charge in [-0.3, -0.25) is 14.5 Å². The predicted molar refractivity (Wildman–Crippen MR) is 124 cm³/mol. The van der Waals surface area contributed by atoms with Crippen molar-refractivity contribution in [3.05, 3.63) is 69.8 Å². The Balaban J connectivity index is 1.32. The van der Waals surface area contributed by atoms with Gasteiger partial charge in [0, 0.05) is 22.7 Å². The highest BCUT2D eigenvalue weighted by Gasteiger charge is 2.36. The summed E-state index contributed by atoms with van der Waals surface area (Å²) < 4.78 is 22.0. The Morgan fingerprint density at radius 3 is 2.61 bits per heavy atom. The Morgan fingerprint density at radius 2 is 1.85 bits per heavy atom. The quantitative estimate of drug-likeness (QED) is 0.400. The van der Waals surface area contributed by atoms with Crippen molar-refractivity contribution in [2.45, 2.75) is 13.5 Å². The van der Waals surface area contributed by atoms with Crippen molar-refractivity contribution in [1.29, 1.82) is 0 Å². The minimum Gasteiger partial charge on any atom is -0.494 e. The summed E-state index contributed by atoms with van der Waals surface area (Å²) in [6.07, 6.45) is 1.57. The zero-order valence-corrected chi connectivity index (χ0v) is 19.1. The number of carbonyl (C=O) groups excluding carboxylic acids is 2. The first-order valence-electron chi connectivity index (χ1n) is 10.2. The Morgan fingerprint density at radius 1 is 1.09 bits per heavy atom. The number of thioether (sulfide) groups is 1. The first-order chi connectivity index (χ1) is 16.0. The van der Waals surface area contributed by atoms with Gasteiger partial charge < -0.3 is 18.6 Å². The third-order valence-corrected chi connectivity index (χ3v) is 6.35. The number of hydrogen-bond acceptors (Lipinski definition) is 7. The van der Waals surface area contributed by atoms with Crippen LogP contribution in [-0.4, -0.2) is 29.4 Å². The summed E-state index contributed by atoms with van der Waals surface area (Å²) >= 11 is 7.17. The van der Waals surface area contributed by atoms with Crippen molar-refractivity contribution >= 4 is 40.6 Å². The molecule has 0 aliphatic carbocycles. The lowest BCUT2D eigenvalue weighted by Gasteiger charge is -2.14. The molecule has 0 bridgehead atoms. The monoisotopic (exact) mass is 483 g/mol. The van der Waals surface area contributed by atoms with E-state index in [0.717, 1.165) is 28.0 Å². The molecule has 3 aromatic rings. The molecule has 5 rings (SSSR count). The highest BCUT2D eigenvalue weighted by Crippen LogP contribution is 2.39. The van der Waals surface area contributed by atoms with Gasteiger partial charge in [0.25, 0.3) is 11.1 Å². The topological polar surface area (TPSA) is 78.2 Å². The van der Waals surface area contributed by atoms with Gasteiger partial charge in [-0.25, -0.2) is 0 Å². The van der Waals surface area contributed by atoms with E-state index in [-0.39, 0.29) is 23.5 Å². The number of fused-ring (bicyclic) bond motifs is 1. The Labute approximate surface area is 198 Å². The van der Waals surface area contributed by atoms with Crippen molar-refractivity contribution in [3.8, 4) is 28.6 Å². The molecular weight excluding hydrogens is 466 g/mol. The molecule has 168 valence electrons. The SMILES string of the molecule is CCOc1ccc(-c2ccc(/C=C3/SC(=O)N(Cc4cc5c(cc4Cl)OCO5)C3=O)o2)cc1. The van der Waals surface area contributed by atoms with Crippen LogP contribution in [0.5, 0.6) is 17.2 Å². The van der Waals surface area contributed by atoms with E-state index in [9.17, 15) is 9.59 Å². The highest BCUT2D eigenvalue weighted by molar-refractivity contribution is 8.18. The lowest BCUT2D eigenvalue weighted by molar-refractivity contribution is -0.123. The number of ether oxygens (including phenoxy) is 3. The summed E-state index contributed by atoms with van der Waals surface area (Å²) in [5.41, 5.74) is 1.48. The smallest absolute Gasteiger partial charge is 0.293 e. The number of rotatable bonds is 6. The second-order valence-electron chi connectivity index (χ2n) is 7.22. The highest BCUT2D eigenvalue weighted by atomic mass is 35.5. The summed E-state index contributed by atoms with van der Waals surface area (Å²) in [6.45, 7) is 2.67. The predicted octanol–water partition coefficient (Wildman–Crippen LogP) is 5.96. The molecule has 0 radical (unpaired) electrons. The fourth-order valence-electron chi connectivity index (χ4n) is 3.48. The molecular formula is C24H18ClNO6S. The third-order valence-electron chi connectivity index (χ3n) is 5.09. The van der Waals surface area contributed by atoms with Crippen LogP contribution in [0.25, 0.3) is 17.4 Å². The van der Waals surface area contributed by atoms with Crippen LogP contribution in [0, 0.1) is 0 Å². The molecule has 2 aromatic carbocycles. The molecule has 1 saturated heterocycles. The summed E-state index contributed by atoms with van der Waals surface area (Å²) in [5, 5.41) is 0.0200. The minimum atomic E-state index is -0.405. The van der Waals surface area contributed by atoms with E-state index in [1.54, 1.807) is 24.3 Å². The maximum Gasteiger partial charge on any atom is 0.293 e. The molecule has 7 nitrogen and oxygen atoms in total. The Kier molecular flexibility index (Phi) is 5.78. The van der Waals surface area contributed by atoms with Crippen LogP contribution in [0.3, 0.4) is 0 Å². The molecule has 0 N–H and O–H groups in total. The minimum absolute atomic E-state index is 0.0348. The normalized spacial score (nSPS) is 16.2. The summed E-state index contributed by atoms with van der Waals surface area (Å²) in [6, 6.07) is 14.4. The van der Waals surface area contributed by atoms with Crippen LogP contribution in [0.2, 0.25) is 5.02 Å². The molecule has 2 aliphatic heterocycles. The average molecular weight is 484 g/mol. The van der Waals surface area contributed by atoms with Gasteiger partial charge in [-0.2, -0.15) is 0 Å². The second-order valence-corrected chi connectivity index (χ2v) is 8.62. The second kappa shape index (κ2) is 8.88. The number of benzene rings is 2. The Hall–Kier alpha value is -3.36. The molecule has 1 fully saturated rings. The first-order valence-corrected chi connectivity index (χ1v) is 11.4. The lowest BCUT2D eigenvalue weighted by Crippen LogP contribution is -2.27. The number of furan rings is 1. The van der Waals surface area contributed by atoms with E-state index in [0.29, 0.717) is 40.2 Å². The van der Waals surface area contributed by atoms with Gasteiger partial charge in [0.15, 0.2) is 11.5 Å². The molecule has 1 aromatic heterocycles. The number of imide groups is 1.